The minimum atomic E-state index is -1.14. The Labute approximate surface area is 458 Å². The van der Waals surface area contributed by atoms with Gasteiger partial charge in [-0.2, -0.15) is 0 Å². The van der Waals surface area contributed by atoms with Gasteiger partial charge in [0.25, 0.3) is 17.7 Å². The molecule has 7 aromatic rings. The molecule has 0 spiro atoms. The molecule has 9 rings (SSSR count). The highest BCUT2D eigenvalue weighted by atomic mass is 79.9. The number of benzene rings is 7. The molecule has 0 bridgehead atoms. The van der Waals surface area contributed by atoms with Gasteiger partial charge in [0.15, 0.2) is 0 Å². The van der Waals surface area contributed by atoms with Crippen LogP contribution >= 0.6 is 31.9 Å². The molecule has 0 fully saturated rings. The number of methoxy groups -OCH3 is 2. The van der Waals surface area contributed by atoms with Crippen LogP contribution in [-0.2, 0) is 32.3 Å². The quantitative estimate of drug-likeness (QED) is 0.102. The molecular formula is C60H58Br2N6O8. The van der Waals surface area contributed by atoms with E-state index < -0.39 is 41.6 Å². The molecule has 0 saturated carbocycles. The Morgan fingerprint density at radius 2 is 1.08 bits per heavy atom. The lowest BCUT2D eigenvalue weighted by Crippen LogP contribution is -2.53. The van der Waals surface area contributed by atoms with Crippen LogP contribution in [0.2, 0.25) is 0 Å². The number of carbonyl (C=O) groups excluding carboxylic acids is 6. The molecule has 2 N–H and O–H groups in total. The monoisotopic (exact) mass is 1150 g/mol. The molecule has 0 radical (unpaired) electrons. The molecule has 7 aromatic carbocycles. The normalized spacial score (nSPS) is 16.4. The summed E-state index contributed by atoms with van der Waals surface area (Å²) in [5.41, 5.74) is 3.80. The fraction of sp³-hybridized carbons (Fsp3) is 0.267. The number of amides is 5. The second-order valence-corrected chi connectivity index (χ2v) is 21.0. The maximum Gasteiger partial charge on any atom is 0.258 e. The lowest BCUT2D eigenvalue weighted by Gasteiger charge is -2.27. The molecule has 2 aliphatic rings. The molecule has 76 heavy (non-hydrogen) atoms. The van der Waals surface area contributed by atoms with E-state index in [9.17, 15) is 9.59 Å². The second kappa shape index (κ2) is 22.8. The van der Waals surface area contributed by atoms with Gasteiger partial charge in [-0.05, 0) is 127 Å². The van der Waals surface area contributed by atoms with E-state index in [1.54, 1.807) is 117 Å². The first-order chi connectivity index (χ1) is 36.6. The Kier molecular flexibility index (Phi) is 16.0. The summed E-state index contributed by atoms with van der Waals surface area (Å²) in [6.07, 6.45) is 0.406. The van der Waals surface area contributed by atoms with Gasteiger partial charge < -0.3 is 39.7 Å². The lowest BCUT2D eigenvalue weighted by molar-refractivity contribution is -0.129. The fourth-order valence-electron chi connectivity index (χ4n) is 10.1. The van der Waals surface area contributed by atoms with E-state index in [2.05, 4.69) is 42.5 Å². The number of halogens is 2. The van der Waals surface area contributed by atoms with Gasteiger partial charge in [-0.25, -0.2) is 0 Å². The first-order valence-electron chi connectivity index (χ1n) is 25.2. The minimum Gasteiger partial charge on any atom is -0.496 e. The van der Waals surface area contributed by atoms with Crippen molar-refractivity contribution < 1.29 is 38.2 Å². The van der Waals surface area contributed by atoms with Crippen molar-refractivity contribution in [1.29, 1.82) is 0 Å². The highest BCUT2D eigenvalue weighted by Gasteiger charge is 2.40. The maximum atomic E-state index is 15.1. The fourth-order valence-corrected chi connectivity index (χ4v) is 10.8. The van der Waals surface area contributed by atoms with E-state index in [0.717, 1.165) is 41.6 Å². The van der Waals surface area contributed by atoms with E-state index in [1.807, 2.05) is 73.7 Å². The van der Waals surface area contributed by atoms with Crippen LogP contribution in [0.4, 0.5) is 22.7 Å². The third-order valence-corrected chi connectivity index (χ3v) is 15.6. The summed E-state index contributed by atoms with van der Waals surface area (Å²) in [6, 6.07) is 38.3. The van der Waals surface area contributed by atoms with Crippen molar-refractivity contribution in [3.8, 4) is 11.5 Å². The highest BCUT2D eigenvalue weighted by Crippen LogP contribution is 2.41. The van der Waals surface area contributed by atoms with E-state index >= 15 is 19.2 Å². The summed E-state index contributed by atoms with van der Waals surface area (Å²) < 4.78 is 13.5. The molecule has 2 aliphatic heterocycles. The predicted molar refractivity (Wildman–Crippen MR) is 304 cm³/mol. The number of ketones is 1. The van der Waals surface area contributed by atoms with Crippen LogP contribution in [0.1, 0.15) is 65.5 Å². The van der Waals surface area contributed by atoms with Crippen molar-refractivity contribution in [2.24, 2.45) is 11.8 Å². The maximum absolute atomic E-state index is 15.1. The molecule has 2 heterocycles. The van der Waals surface area contributed by atoms with Crippen LogP contribution in [0.25, 0.3) is 21.5 Å². The van der Waals surface area contributed by atoms with E-state index in [0.29, 0.717) is 40.7 Å². The largest absolute Gasteiger partial charge is 0.496 e. The van der Waals surface area contributed by atoms with Gasteiger partial charge in [-0.3, -0.25) is 28.8 Å². The van der Waals surface area contributed by atoms with Crippen LogP contribution in [0.3, 0.4) is 0 Å². The molecule has 16 heteroatoms. The average molecular weight is 1150 g/mol. The number of ether oxygens (including phenoxy) is 2. The number of Topliss-reactive ketones (excluding diaryl/α,β-unsaturated/α-hetero) is 1. The molecule has 4 atom stereocenters. The number of rotatable bonds is 15. The van der Waals surface area contributed by atoms with Gasteiger partial charge in [0.2, 0.25) is 11.8 Å². The first kappa shape index (κ1) is 53.4. The third kappa shape index (κ3) is 10.6. The molecule has 0 aromatic heterocycles. The van der Waals surface area contributed by atoms with Gasteiger partial charge in [0, 0.05) is 50.1 Å². The second-order valence-electron chi connectivity index (χ2n) is 19.2. The zero-order chi connectivity index (χ0) is 53.9. The molecule has 14 nitrogen and oxygen atoms in total. The first-order valence-corrected chi connectivity index (χ1v) is 26.8. The van der Waals surface area contributed by atoms with Gasteiger partial charge in [0.1, 0.15) is 23.3 Å². The zero-order valence-electron chi connectivity index (χ0n) is 43.1. The van der Waals surface area contributed by atoms with Crippen molar-refractivity contribution in [2.75, 3.05) is 54.0 Å². The number of carbonyl (C=O) groups is 6. The van der Waals surface area contributed by atoms with Crippen molar-refractivity contribution in [2.45, 2.75) is 58.8 Å². The molecule has 0 saturated heterocycles. The van der Waals surface area contributed by atoms with Gasteiger partial charge in [0.05, 0.1) is 68.6 Å². The number of para-hydroxylation sites is 4. The van der Waals surface area contributed by atoms with Crippen LogP contribution in [0.15, 0.2) is 142 Å². The Bertz CT molecular complexity index is 3200. The number of likely N-dealkylation sites (N-methyl/N-ethyl adjacent to an activating group) is 1. The number of anilines is 4. The van der Waals surface area contributed by atoms with E-state index in [4.69, 9.17) is 9.47 Å². The van der Waals surface area contributed by atoms with Crippen LogP contribution in [0, 0.1) is 11.8 Å². The summed E-state index contributed by atoms with van der Waals surface area (Å²) in [6.45, 7) is 5.29. The van der Waals surface area contributed by atoms with E-state index in [-0.39, 0.29) is 61.3 Å². The average Bonchev–Trinajstić information content (AvgIpc) is 3.62. The van der Waals surface area contributed by atoms with Crippen molar-refractivity contribution in [3.05, 3.63) is 165 Å². The van der Waals surface area contributed by atoms with Crippen molar-refractivity contribution >= 4 is 111 Å². The smallest absolute Gasteiger partial charge is 0.258 e. The van der Waals surface area contributed by atoms with Crippen LogP contribution in [-0.4, -0.2) is 81.8 Å². The standard InChI is InChI=1S/C60H58Br2N6O8/c1-7-35(2)56(70)64-48-34-68(52-15-11-10-14-51(52)67(60(48)74)33-47-45-25-23-43(62)29-40(45)21-27-55(47)76-6)58(72)38-18-16-37(17-19-38)57(71)65-31-41(30-53(69)36(3)63-4)59(73)66(50-13-9-8-12-49(50)65)32-46-44-24-22-42(61)28-39(44)20-26-54(46)75-5/h8-29,35-36,41,48,63H,7,30-34H2,1-6H3,(H,64,70)/t35-,36+,41+,48+/m1/s1. The number of hydrogen-bond acceptors (Lipinski definition) is 9. The summed E-state index contributed by atoms with van der Waals surface area (Å²) in [7, 11) is 4.85. The Balaban J connectivity index is 1.07. The van der Waals surface area contributed by atoms with E-state index in [1.165, 1.54) is 4.90 Å². The summed E-state index contributed by atoms with van der Waals surface area (Å²) in [4.78, 5) is 93.9. The number of hydrogen-bond donors (Lipinski definition) is 2. The van der Waals surface area contributed by atoms with Crippen LogP contribution < -0.4 is 39.7 Å². The predicted octanol–water partition coefficient (Wildman–Crippen LogP) is 10.6. The molecule has 0 unspecified atom stereocenters. The zero-order valence-corrected chi connectivity index (χ0v) is 46.2. The number of nitrogens with one attached hydrogen (secondary N) is 2. The van der Waals surface area contributed by atoms with Gasteiger partial charge in [-0.1, -0.05) is 94.2 Å². The van der Waals surface area contributed by atoms with Gasteiger partial charge >= 0.3 is 0 Å². The van der Waals surface area contributed by atoms with Crippen molar-refractivity contribution in [1.82, 2.24) is 10.6 Å². The lowest BCUT2D eigenvalue weighted by atomic mass is 9.96. The third-order valence-electron chi connectivity index (χ3n) is 14.7. The minimum absolute atomic E-state index is 0.0641. The molecule has 5 amide bonds. The topological polar surface area (TPSA) is 158 Å². The SMILES string of the molecule is CC[C@@H](C)C(=O)N[C@H]1CN(C(=O)c2ccc(C(=O)N3C[C@H](CC(=O)[C@H](C)NC)C(=O)N(Cc4c(OC)ccc5cc(Br)ccc45)c4ccccc43)cc2)c2ccccc2N(Cc2c(OC)ccc3cc(Br)ccc23)C1=O. The van der Waals surface area contributed by atoms with Crippen LogP contribution in [0.5, 0.6) is 11.5 Å². The molecular weight excluding hydrogens is 1090 g/mol. The van der Waals surface area contributed by atoms with Gasteiger partial charge in [-0.15, -0.1) is 0 Å². The Hall–Kier alpha value is -7.40. The highest BCUT2D eigenvalue weighted by molar-refractivity contribution is 9.10. The number of fused-ring (bicyclic) bond motifs is 4. The molecule has 0 aliphatic carbocycles. The Morgan fingerprint density at radius 1 is 0.618 bits per heavy atom. The Morgan fingerprint density at radius 3 is 1.54 bits per heavy atom. The van der Waals surface area contributed by atoms with Crippen molar-refractivity contribution in [3.63, 3.8) is 0 Å². The summed E-state index contributed by atoms with van der Waals surface area (Å²) in [5, 5.41) is 9.59. The summed E-state index contributed by atoms with van der Waals surface area (Å²) in [5.74, 6) is -2.33. The molecule has 390 valence electrons. The summed E-state index contributed by atoms with van der Waals surface area (Å²) >= 11 is 7.15. The number of nitrogens with zero attached hydrogens (tertiary/aromatic N) is 4.